The maximum atomic E-state index is 12.4. The van der Waals surface area contributed by atoms with E-state index in [9.17, 15) is 4.79 Å². The standard InChI is InChI=1S/C15H26N4O3/c1-17-11-13(22-4)9-12(17)10-18(2)15(20)14-5-6-19(16-14)7-8-21-3/h5-6,12-13H,7-11H2,1-4H3/t12-,13-/m0/s1. The van der Waals surface area contributed by atoms with Crippen molar-refractivity contribution in [2.75, 3.05) is 48.0 Å². The van der Waals surface area contributed by atoms with E-state index in [-0.39, 0.29) is 12.0 Å². The molecule has 0 bridgehead atoms. The van der Waals surface area contributed by atoms with Gasteiger partial charge in [-0.3, -0.25) is 14.4 Å². The van der Waals surface area contributed by atoms with Crippen LogP contribution in [0.3, 0.4) is 0 Å². The fourth-order valence-electron chi connectivity index (χ4n) is 2.79. The van der Waals surface area contributed by atoms with Gasteiger partial charge in [-0.1, -0.05) is 0 Å². The highest BCUT2D eigenvalue weighted by Crippen LogP contribution is 2.19. The predicted octanol–water partition coefficient (Wildman–Crippen LogP) is 0.321. The highest BCUT2D eigenvalue weighted by molar-refractivity contribution is 5.92. The van der Waals surface area contributed by atoms with E-state index in [4.69, 9.17) is 9.47 Å². The summed E-state index contributed by atoms with van der Waals surface area (Å²) < 4.78 is 12.1. The van der Waals surface area contributed by atoms with Crippen LogP contribution in [0.1, 0.15) is 16.9 Å². The number of nitrogens with zero attached hydrogens (tertiary/aromatic N) is 4. The summed E-state index contributed by atoms with van der Waals surface area (Å²) in [5.41, 5.74) is 0.475. The Morgan fingerprint density at radius 2 is 2.27 bits per heavy atom. The second kappa shape index (κ2) is 7.71. The molecule has 1 aromatic rings. The van der Waals surface area contributed by atoms with Crippen molar-refractivity contribution in [3.8, 4) is 0 Å². The fourth-order valence-corrected chi connectivity index (χ4v) is 2.79. The number of hydrogen-bond acceptors (Lipinski definition) is 5. The summed E-state index contributed by atoms with van der Waals surface area (Å²) in [5, 5.41) is 4.30. The van der Waals surface area contributed by atoms with Crippen LogP contribution in [0.5, 0.6) is 0 Å². The minimum atomic E-state index is -0.0505. The fraction of sp³-hybridized carbons (Fsp3) is 0.733. The molecule has 7 nitrogen and oxygen atoms in total. The van der Waals surface area contributed by atoms with E-state index in [1.807, 2.05) is 13.2 Å². The number of hydrogen-bond donors (Lipinski definition) is 0. The molecule has 124 valence electrons. The first-order valence-electron chi connectivity index (χ1n) is 7.56. The number of ether oxygens (including phenoxy) is 2. The van der Waals surface area contributed by atoms with Crippen LogP contribution in [0.2, 0.25) is 0 Å². The van der Waals surface area contributed by atoms with Gasteiger partial charge in [-0.2, -0.15) is 5.10 Å². The molecule has 1 aliphatic rings. The van der Waals surface area contributed by atoms with Crippen LogP contribution in [0, 0.1) is 0 Å². The van der Waals surface area contributed by atoms with E-state index in [0.717, 1.165) is 13.0 Å². The third-order valence-electron chi connectivity index (χ3n) is 4.20. The summed E-state index contributed by atoms with van der Waals surface area (Å²) in [6, 6.07) is 2.08. The van der Waals surface area contributed by atoms with E-state index in [0.29, 0.717) is 31.4 Å². The molecule has 0 radical (unpaired) electrons. The Morgan fingerprint density at radius 3 is 2.91 bits per heavy atom. The summed E-state index contributed by atoms with van der Waals surface area (Å²) in [5.74, 6) is -0.0505. The first-order valence-corrected chi connectivity index (χ1v) is 7.56. The van der Waals surface area contributed by atoms with E-state index >= 15 is 0 Å². The lowest BCUT2D eigenvalue weighted by atomic mass is 10.2. The molecule has 1 aromatic heterocycles. The van der Waals surface area contributed by atoms with Crippen molar-refractivity contribution in [1.82, 2.24) is 19.6 Å². The highest BCUT2D eigenvalue weighted by atomic mass is 16.5. The molecule has 0 aliphatic carbocycles. The van der Waals surface area contributed by atoms with Crippen molar-refractivity contribution in [1.29, 1.82) is 0 Å². The lowest BCUT2D eigenvalue weighted by Crippen LogP contribution is -2.39. The van der Waals surface area contributed by atoms with Crippen molar-refractivity contribution >= 4 is 5.91 Å². The van der Waals surface area contributed by atoms with Crippen LogP contribution < -0.4 is 0 Å². The zero-order valence-electron chi connectivity index (χ0n) is 13.9. The number of rotatable bonds is 7. The molecule has 0 N–H and O–H groups in total. The van der Waals surface area contributed by atoms with Gasteiger partial charge in [-0.05, 0) is 19.5 Å². The van der Waals surface area contributed by atoms with Gasteiger partial charge >= 0.3 is 0 Å². The number of carbonyl (C=O) groups excluding carboxylic acids is 1. The van der Waals surface area contributed by atoms with E-state index in [1.54, 1.807) is 29.9 Å². The summed E-state index contributed by atoms with van der Waals surface area (Å²) in [7, 11) is 7.28. The largest absolute Gasteiger partial charge is 0.383 e. The first kappa shape index (κ1) is 16.9. The Labute approximate surface area is 131 Å². The SMILES string of the molecule is COCCn1ccc(C(=O)N(C)C[C@@H]2C[C@H](OC)CN2C)n1. The maximum Gasteiger partial charge on any atom is 0.274 e. The first-order chi connectivity index (χ1) is 10.5. The number of carbonyl (C=O) groups is 1. The maximum absolute atomic E-state index is 12.4. The molecule has 1 fully saturated rings. The minimum Gasteiger partial charge on any atom is -0.383 e. The van der Waals surface area contributed by atoms with E-state index in [2.05, 4.69) is 17.0 Å². The molecule has 2 atom stereocenters. The van der Waals surface area contributed by atoms with Crippen LogP contribution >= 0.6 is 0 Å². The van der Waals surface area contributed by atoms with Crippen LogP contribution in [0.15, 0.2) is 12.3 Å². The van der Waals surface area contributed by atoms with Gasteiger partial charge in [0.15, 0.2) is 0 Å². The molecule has 2 heterocycles. The summed E-state index contributed by atoms with van der Waals surface area (Å²) in [6.45, 7) is 2.82. The lowest BCUT2D eigenvalue weighted by molar-refractivity contribution is 0.0753. The number of likely N-dealkylation sites (tertiary alicyclic amines) is 1. The van der Waals surface area contributed by atoms with Gasteiger partial charge in [0.1, 0.15) is 5.69 Å². The van der Waals surface area contributed by atoms with E-state index in [1.165, 1.54) is 0 Å². The number of aromatic nitrogens is 2. The van der Waals surface area contributed by atoms with Crippen LogP contribution in [0.4, 0.5) is 0 Å². The zero-order valence-corrected chi connectivity index (χ0v) is 13.9. The van der Waals surface area contributed by atoms with Crippen molar-refractivity contribution in [3.63, 3.8) is 0 Å². The molecule has 7 heteroatoms. The van der Waals surface area contributed by atoms with Crippen molar-refractivity contribution in [2.24, 2.45) is 0 Å². The quantitative estimate of drug-likeness (QED) is 0.726. The Kier molecular flexibility index (Phi) is 5.93. The normalized spacial score (nSPS) is 22.2. The lowest BCUT2D eigenvalue weighted by Gasteiger charge is -2.25. The van der Waals surface area contributed by atoms with Crippen LogP contribution in [-0.4, -0.2) is 85.6 Å². The van der Waals surface area contributed by atoms with E-state index < -0.39 is 0 Å². The summed E-state index contributed by atoms with van der Waals surface area (Å²) in [6.07, 6.45) is 3.02. The van der Waals surface area contributed by atoms with Gasteiger partial charge in [0.05, 0.1) is 19.3 Å². The smallest absolute Gasteiger partial charge is 0.274 e. The molecule has 22 heavy (non-hydrogen) atoms. The Balaban J connectivity index is 1.90. The molecule has 0 spiro atoms. The van der Waals surface area contributed by atoms with Gasteiger partial charge in [0.2, 0.25) is 0 Å². The second-order valence-electron chi connectivity index (χ2n) is 5.83. The average Bonchev–Trinajstić information content (AvgIpc) is 3.11. The molecule has 1 aliphatic heterocycles. The summed E-state index contributed by atoms with van der Waals surface area (Å²) in [4.78, 5) is 16.4. The second-order valence-corrected chi connectivity index (χ2v) is 5.83. The van der Waals surface area contributed by atoms with Crippen molar-refractivity contribution in [2.45, 2.75) is 25.1 Å². The molecule has 0 unspecified atom stereocenters. The van der Waals surface area contributed by atoms with Crippen molar-refractivity contribution < 1.29 is 14.3 Å². The number of amides is 1. The minimum absolute atomic E-state index is 0.0505. The average molecular weight is 310 g/mol. The topological polar surface area (TPSA) is 59.8 Å². The highest BCUT2D eigenvalue weighted by Gasteiger charge is 2.31. The molecular formula is C15H26N4O3. The van der Waals surface area contributed by atoms with Gasteiger partial charge < -0.3 is 14.4 Å². The Morgan fingerprint density at radius 1 is 1.50 bits per heavy atom. The Hall–Kier alpha value is -1.44. The molecular weight excluding hydrogens is 284 g/mol. The van der Waals surface area contributed by atoms with Crippen LogP contribution in [-0.2, 0) is 16.0 Å². The molecule has 1 saturated heterocycles. The van der Waals surface area contributed by atoms with Crippen molar-refractivity contribution in [3.05, 3.63) is 18.0 Å². The third-order valence-corrected chi connectivity index (χ3v) is 4.20. The van der Waals surface area contributed by atoms with Gasteiger partial charge in [-0.15, -0.1) is 0 Å². The monoisotopic (exact) mass is 310 g/mol. The van der Waals surface area contributed by atoms with Gasteiger partial charge in [0, 0.05) is 46.6 Å². The van der Waals surface area contributed by atoms with Gasteiger partial charge in [0.25, 0.3) is 5.91 Å². The number of methoxy groups -OCH3 is 2. The molecule has 0 aromatic carbocycles. The van der Waals surface area contributed by atoms with Gasteiger partial charge in [-0.25, -0.2) is 0 Å². The zero-order chi connectivity index (χ0) is 16.1. The molecule has 0 saturated carbocycles. The molecule has 2 rings (SSSR count). The third kappa shape index (κ3) is 4.06. The summed E-state index contributed by atoms with van der Waals surface area (Å²) >= 11 is 0. The number of likely N-dealkylation sites (N-methyl/N-ethyl adjacent to an activating group) is 2. The predicted molar refractivity (Wildman–Crippen MR) is 82.9 cm³/mol. The molecule has 1 amide bonds. The Bertz CT molecular complexity index is 491. The van der Waals surface area contributed by atoms with Crippen LogP contribution in [0.25, 0.3) is 0 Å².